The Morgan fingerprint density at radius 2 is 2.14 bits per heavy atom. The lowest BCUT2D eigenvalue weighted by atomic mass is 10.1. The summed E-state index contributed by atoms with van der Waals surface area (Å²) in [5.74, 6) is 1.02. The van der Waals surface area contributed by atoms with Crippen molar-refractivity contribution in [3.05, 3.63) is 24.3 Å². The molecular formula is C12H22N2. The standard InChI is InChI=1S/C9H14N2.C3H8/c1-3-5-8-6-4-7-11-9(8)10-2;1-3-2/h3,5H,1,4,6-7H2,2H3,(H,10,11);3H2,1-2H3/b8-5-;. The molecule has 1 aliphatic rings. The summed E-state index contributed by atoms with van der Waals surface area (Å²) in [5.41, 5.74) is 1.27. The fourth-order valence-electron chi connectivity index (χ4n) is 1.24. The predicted molar refractivity (Wildman–Crippen MR) is 64.8 cm³/mol. The molecular weight excluding hydrogens is 172 g/mol. The van der Waals surface area contributed by atoms with E-state index in [1.807, 2.05) is 19.2 Å². The van der Waals surface area contributed by atoms with Crippen LogP contribution in [0.3, 0.4) is 0 Å². The molecule has 0 spiro atoms. The Labute approximate surface area is 87.8 Å². The van der Waals surface area contributed by atoms with Crippen LogP contribution in [-0.2, 0) is 0 Å². The lowest BCUT2D eigenvalue weighted by Gasteiger charge is -2.17. The first-order valence-corrected chi connectivity index (χ1v) is 5.32. The zero-order chi connectivity index (χ0) is 10.8. The van der Waals surface area contributed by atoms with Crippen molar-refractivity contribution in [2.45, 2.75) is 33.1 Å². The number of aliphatic imine (C=N–C) groups is 1. The first-order chi connectivity index (χ1) is 6.79. The summed E-state index contributed by atoms with van der Waals surface area (Å²) in [6.45, 7) is 8.96. The molecule has 1 aliphatic heterocycles. The molecule has 0 amide bonds. The molecule has 0 unspecified atom stereocenters. The van der Waals surface area contributed by atoms with E-state index in [2.05, 4.69) is 30.7 Å². The maximum Gasteiger partial charge on any atom is 0.123 e. The van der Waals surface area contributed by atoms with Crippen molar-refractivity contribution in [2.75, 3.05) is 13.6 Å². The highest BCUT2D eigenvalue weighted by molar-refractivity contribution is 5.99. The topological polar surface area (TPSA) is 24.4 Å². The van der Waals surface area contributed by atoms with E-state index in [-0.39, 0.29) is 0 Å². The predicted octanol–water partition coefficient (Wildman–Crippen LogP) is 2.93. The van der Waals surface area contributed by atoms with Gasteiger partial charge >= 0.3 is 0 Å². The van der Waals surface area contributed by atoms with Crippen LogP contribution in [0.25, 0.3) is 0 Å². The summed E-state index contributed by atoms with van der Waals surface area (Å²) in [4.78, 5) is 4.14. The Kier molecular flexibility index (Phi) is 7.90. The normalized spacial score (nSPS) is 21.1. The van der Waals surface area contributed by atoms with Gasteiger partial charge in [0.15, 0.2) is 0 Å². The maximum atomic E-state index is 4.14. The van der Waals surface area contributed by atoms with Gasteiger partial charge < -0.3 is 5.32 Å². The van der Waals surface area contributed by atoms with E-state index in [9.17, 15) is 0 Å². The first kappa shape index (κ1) is 12.9. The second-order valence-corrected chi connectivity index (χ2v) is 3.24. The molecule has 1 heterocycles. The molecule has 0 radical (unpaired) electrons. The van der Waals surface area contributed by atoms with Gasteiger partial charge in [0.25, 0.3) is 0 Å². The fraction of sp³-hybridized carbons (Fsp3) is 0.583. The van der Waals surface area contributed by atoms with Crippen molar-refractivity contribution >= 4 is 5.84 Å². The molecule has 0 aromatic carbocycles. The summed E-state index contributed by atoms with van der Waals surface area (Å²) in [6.07, 6.45) is 7.40. The molecule has 80 valence electrons. The SMILES string of the molecule is C=C/C=C1/CCCNC1=NC.CCC. The van der Waals surface area contributed by atoms with E-state index in [1.165, 1.54) is 18.4 Å². The molecule has 0 aromatic heterocycles. The van der Waals surface area contributed by atoms with Gasteiger partial charge in [-0.15, -0.1) is 0 Å². The summed E-state index contributed by atoms with van der Waals surface area (Å²) in [7, 11) is 1.81. The smallest absolute Gasteiger partial charge is 0.123 e. The number of nitrogens with zero attached hydrogens (tertiary/aromatic N) is 1. The number of hydrogen-bond donors (Lipinski definition) is 1. The second kappa shape index (κ2) is 8.54. The molecule has 1 rings (SSSR count). The molecule has 1 fully saturated rings. The van der Waals surface area contributed by atoms with E-state index < -0.39 is 0 Å². The molecule has 0 saturated carbocycles. The average Bonchev–Trinajstić information content (AvgIpc) is 2.20. The van der Waals surface area contributed by atoms with Crippen LogP contribution < -0.4 is 5.32 Å². The molecule has 0 aliphatic carbocycles. The molecule has 0 atom stereocenters. The Bertz CT molecular complexity index is 214. The monoisotopic (exact) mass is 194 g/mol. The van der Waals surface area contributed by atoms with E-state index in [1.54, 1.807) is 0 Å². The summed E-state index contributed by atoms with van der Waals surface area (Å²) >= 11 is 0. The highest BCUT2D eigenvalue weighted by atomic mass is 15.0. The molecule has 0 aromatic rings. The first-order valence-electron chi connectivity index (χ1n) is 5.32. The second-order valence-electron chi connectivity index (χ2n) is 3.24. The van der Waals surface area contributed by atoms with Crippen LogP contribution in [0, 0.1) is 0 Å². The minimum absolute atomic E-state index is 1.02. The molecule has 1 N–H and O–H groups in total. The van der Waals surface area contributed by atoms with Crippen molar-refractivity contribution in [1.82, 2.24) is 5.32 Å². The van der Waals surface area contributed by atoms with E-state index in [0.29, 0.717) is 0 Å². The van der Waals surface area contributed by atoms with Gasteiger partial charge in [-0.05, 0) is 18.4 Å². The Balaban J connectivity index is 0.000000500. The van der Waals surface area contributed by atoms with Crippen molar-refractivity contribution in [1.29, 1.82) is 0 Å². The number of nitrogens with one attached hydrogen (secondary N) is 1. The van der Waals surface area contributed by atoms with Crippen molar-refractivity contribution in [3.8, 4) is 0 Å². The third kappa shape index (κ3) is 4.85. The Hall–Kier alpha value is -1.05. The number of allylic oxidation sites excluding steroid dienone is 2. The Morgan fingerprint density at radius 3 is 2.64 bits per heavy atom. The highest BCUT2D eigenvalue weighted by Crippen LogP contribution is 2.10. The van der Waals surface area contributed by atoms with E-state index in [0.717, 1.165) is 18.8 Å². The molecule has 14 heavy (non-hydrogen) atoms. The van der Waals surface area contributed by atoms with Crippen molar-refractivity contribution in [3.63, 3.8) is 0 Å². The van der Waals surface area contributed by atoms with E-state index >= 15 is 0 Å². The van der Waals surface area contributed by atoms with Gasteiger partial charge in [0, 0.05) is 13.6 Å². The number of amidine groups is 1. The van der Waals surface area contributed by atoms with Crippen LogP contribution in [0.5, 0.6) is 0 Å². The fourth-order valence-corrected chi connectivity index (χ4v) is 1.24. The molecule has 0 bridgehead atoms. The average molecular weight is 194 g/mol. The zero-order valence-electron chi connectivity index (χ0n) is 9.64. The Morgan fingerprint density at radius 1 is 1.50 bits per heavy atom. The van der Waals surface area contributed by atoms with Gasteiger partial charge in [0.05, 0.1) is 0 Å². The van der Waals surface area contributed by atoms with Gasteiger partial charge in [0.2, 0.25) is 0 Å². The van der Waals surface area contributed by atoms with Crippen LogP contribution in [0.1, 0.15) is 33.1 Å². The number of hydrogen-bond acceptors (Lipinski definition) is 1. The van der Waals surface area contributed by atoms with Gasteiger partial charge in [-0.3, -0.25) is 4.99 Å². The van der Waals surface area contributed by atoms with Gasteiger partial charge in [-0.2, -0.15) is 0 Å². The lowest BCUT2D eigenvalue weighted by molar-refractivity contribution is 0.736. The minimum Gasteiger partial charge on any atom is -0.370 e. The van der Waals surface area contributed by atoms with E-state index in [4.69, 9.17) is 0 Å². The summed E-state index contributed by atoms with van der Waals surface area (Å²) < 4.78 is 0. The molecule has 2 heteroatoms. The maximum absolute atomic E-state index is 4.14. The summed E-state index contributed by atoms with van der Waals surface area (Å²) in [5, 5.41) is 3.24. The van der Waals surface area contributed by atoms with Crippen LogP contribution >= 0.6 is 0 Å². The van der Waals surface area contributed by atoms with Crippen LogP contribution in [-0.4, -0.2) is 19.4 Å². The molecule has 2 nitrogen and oxygen atoms in total. The van der Waals surface area contributed by atoms with Crippen LogP contribution in [0.15, 0.2) is 29.3 Å². The van der Waals surface area contributed by atoms with Crippen molar-refractivity contribution in [2.24, 2.45) is 4.99 Å². The zero-order valence-corrected chi connectivity index (χ0v) is 9.64. The largest absolute Gasteiger partial charge is 0.370 e. The van der Waals surface area contributed by atoms with Crippen molar-refractivity contribution < 1.29 is 0 Å². The van der Waals surface area contributed by atoms with Gasteiger partial charge in [-0.1, -0.05) is 39.0 Å². The van der Waals surface area contributed by atoms with Crippen LogP contribution in [0.2, 0.25) is 0 Å². The number of rotatable bonds is 1. The van der Waals surface area contributed by atoms with Gasteiger partial charge in [0.1, 0.15) is 5.84 Å². The third-order valence-corrected chi connectivity index (χ3v) is 1.76. The van der Waals surface area contributed by atoms with Crippen LogP contribution in [0.4, 0.5) is 0 Å². The highest BCUT2D eigenvalue weighted by Gasteiger charge is 2.09. The third-order valence-electron chi connectivity index (χ3n) is 1.76. The quantitative estimate of drug-likeness (QED) is 0.682. The minimum atomic E-state index is 1.02. The lowest BCUT2D eigenvalue weighted by Crippen LogP contribution is -2.30. The summed E-state index contributed by atoms with van der Waals surface area (Å²) in [6, 6.07) is 0. The number of piperidine rings is 1. The molecule has 1 saturated heterocycles. The van der Waals surface area contributed by atoms with Gasteiger partial charge in [-0.25, -0.2) is 0 Å².